The lowest BCUT2D eigenvalue weighted by molar-refractivity contribution is 0.210. The summed E-state index contributed by atoms with van der Waals surface area (Å²) in [6.45, 7) is 5.51. The Morgan fingerprint density at radius 2 is 2.27 bits per heavy atom. The van der Waals surface area contributed by atoms with Crippen LogP contribution >= 0.6 is 0 Å². The molecule has 1 rings (SSSR count). The fourth-order valence-corrected chi connectivity index (χ4v) is 1.07. The third kappa shape index (κ3) is 4.60. The second kappa shape index (κ2) is 6.19. The molecule has 15 heavy (non-hydrogen) atoms. The van der Waals surface area contributed by atoms with E-state index >= 15 is 0 Å². The van der Waals surface area contributed by atoms with E-state index in [0.29, 0.717) is 18.6 Å². The molecule has 0 saturated heterocycles. The zero-order valence-electron chi connectivity index (χ0n) is 9.45. The molecule has 0 radical (unpaired) electrons. The van der Waals surface area contributed by atoms with Gasteiger partial charge in [0.1, 0.15) is 5.82 Å². The van der Waals surface area contributed by atoms with Crippen molar-refractivity contribution in [3.8, 4) is 0 Å². The Bertz CT molecular complexity index is 291. The first-order chi connectivity index (χ1) is 7.22. The highest BCUT2D eigenvalue weighted by atomic mass is 16.5. The minimum atomic E-state index is 0.333. The van der Waals surface area contributed by atoms with E-state index in [2.05, 4.69) is 20.6 Å². The highest BCUT2D eigenvalue weighted by Crippen LogP contribution is 2.05. The van der Waals surface area contributed by atoms with Crippen molar-refractivity contribution in [2.75, 3.05) is 30.9 Å². The van der Waals surface area contributed by atoms with Crippen LogP contribution < -0.4 is 10.6 Å². The van der Waals surface area contributed by atoms with Crippen LogP contribution in [0.25, 0.3) is 0 Å². The number of aromatic nitrogens is 2. The van der Waals surface area contributed by atoms with Crippen molar-refractivity contribution in [2.24, 2.45) is 0 Å². The maximum atomic E-state index is 4.94. The van der Waals surface area contributed by atoms with Crippen LogP contribution in [0.4, 0.5) is 11.8 Å². The molecule has 0 amide bonds. The summed E-state index contributed by atoms with van der Waals surface area (Å²) >= 11 is 0. The third-order valence-electron chi connectivity index (χ3n) is 1.69. The summed E-state index contributed by atoms with van der Waals surface area (Å²) in [4.78, 5) is 8.41. The van der Waals surface area contributed by atoms with E-state index in [1.807, 2.05) is 19.9 Å². The molecular formula is C10H18N4O. The van der Waals surface area contributed by atoms with Gasteiger partial charge in [-0.3, -0.25) is 0 Å². The molecule has 0 atom stereocenters. The largest absolute Gasteiger partial charge is 0.383 e. The monoisotopic (exact) mass is 210 g/mol. The number of hydrogen-bond acceptors (Lipinski definition) is 5. The van der Waals surface area contributed by atoms with Gasteiger partial charge in [-0.25, -0.2) is 4.98 Å². The average molecular weight is 210 g/mol. The van der Waals surface area contributed by atoms with E-state index in [1.54, 1.807) is 13.3 Å². The first-order valence-electron chi connectivity index (χ1n) is 5.04. The van der Waals surface area contributed by atoms with Gasteiger partial charge in [0.05, 0.1) is 6.61 Å². The molecule has 0 spiro atoms. The van der Waals surface area contributed by atoms with Gasteiger partial charge in [0.2, 0.25) is 5.95 Å². The zero-order chi connectivity index (χ0) is 11.1. The Labute approximate surface area is 90.3 Å². The zero-order valence-corrected chi connectivity index (χ0v) is 9.45. The number of rotatable bonds is 6. The van der Waals surface area contributed by atoms with Gasteiger partial charge in [-0.2, -0.15) is 4.98 Å². The van der Waals surface area contributed by atoms with Crippen molar-refractivity contribution in [2.45, 2.75) is 19.9 Å². The Balaban J connectivity index is 2.50. The highest BCUT2D eigenvalue weighted by Gasteiger charge is 1.99. The number of methoxy groups -OCH3 is 1. The van der Waals surface area contributed by atoms with Crippen molar-refractivity contribution >= 4 is 11.8 Å². The summed E-state index contributed by atoms with van der Waals surface area (Å²) in [6, 6.07) is 2.17. The van der Waals surface area contributed by atoms with Gasteiger partial charge in [0, 0.05) is 25.9 Å². The standard InChI is InChI=1S/C10H18N4O/c1-8(2)13-10-12-5-4-9(14-10)11-6-7-15-3/h4-5,8H,6-7H2,1-3H3,(H2,11,12,13,14). The van der Waals surface area contributed by atoms with Gasteiger partial charge in [0.25, 0.3) is 0 Å². The van der Waals surface area contributed by atoms with Gasteiger partial charge < -0.3 is 15.4 Å². The van der Waals surface area contributed by atoms with E-state index < -0.39 is 0 Å². The van der Waals surface area contributed by atoms with Crippen molar-refractivity contribution < 1.29 is 4.74 Å². The smallest absolute Gasteiger partial charge is 0.224 e. The molecule has 2 N–H and O–H groups in total. The Kier molecular flexibility index (Phi) is 4.83. The lowest BCUT2D eigenvalue weighted by Gasteiger charge is -2.09. The van der Waals surface area contributed by atoms with Crippen LogP contribution in [-0.2, 0) is 4.74 Å². The van der Waals surface area contributed by atoms with Crippen LogP contribution in [0.15, 0.2) is 12.3 Å². The second-order valence-corrected chi connectivity index (χ2v) is 3.48. The fraction of sp³-hybridized carbons (Fsp3) is 0.600. The summed E-state index contributed by atoms with van der Waals surface area (Å²) in [5, 5.41) is 6.29. The molecule has 0 aromatic carbocycles. The molecule has 0 unspecified atom stereocenters. The molecule has 5 heteroatoms. The Morgan fingerprint density at radius 1 is 1.47 bits per heavy atom. The minimum Gasteiger partial charge on any atom is -0.383 e. The van der Waals surface area contributed by atoms with E-state index in [9.17, 15) is 0 Å². The molecule has 84 valence electrons. The highest BCUT2D eigenvalue weighted by molar-refractivity contribution is 5.39. The minimum absolute atomic E-state index is 0.333. The van der Waals surface area contributed by atoms with Gasteiger partial charge in [-0.15, -0.1) is 0 Å². The maximum Gasteiger partial charge on any atom is 0.224 e. The molecule has 0 saturated carbocycles. The van der Waals surface area contributed by atoms with E-state index in [1.165, 1.54) is 0 Å². The molecule has 1 aromatic heterocycles. The fourth-order valence-electron chi connectivity index (χ4n) is 1.07. The van der Waals surface area contributed by atoms with Crippen LogP contribution in [0.3, 0.4) is 0 Å². The van der Waals surface area contributed by atoms with E-state index in [0.717, 1.165) is 12.4 Å². The predicted octanol–water partition coefficient (Wildman–Crippen LogP) is 1.36. The van der Waals surface area contributed by atoms with Gasteiger partial charge in [0.15, 0.2) is 0 Å². The Morgan fingerprint density at radius 3 is 2.93 bits per heavy atom. The lowest BCUT2D eigenvalue weighted by atomic mass is 10.4. The first kappa shape index (κ1) is 11.7. The van der Waals surface area contributed by atoms with Gasteiger partial charge in [-0.1, -0.05) is 0 Å². The summed E-state index contributed by atoms with van der Waals surface area (Å²) < 4.78 is 4.94. The summed E-state index contributed by atoms with van der Waals surface area (Å²) in [5.41, 5.74) is 0. The maximum absolute atomic E-state index is 4.94. The number of ether oxygens (including phenoxy) is 1. The van der Waals surface area contributed by atoms with E-state index in [4.69, 9.17) is 4.74 Å². The number of nitrogens with zero attached hydrogens (tertiary/aromatic N) is 2. The van der Waals surface area contributed by atoms with Gasteiger partial charge >= 0.3 is 0 Å². The molecule has 0 fully saturated rings. The molecule has 1 aromatic rings. The topological polar surface area (TPSA) is 59.1 Å². The molecule has 5 nitrogen and oxygen atoms in total. The molecular weight excluding hydrogens is 192 g/mol. The number of hydrogen-bond donors (Lipinski definition) is 2. The van der Waals surface area contributed by atoms with Crippen molar-refractivity contribution in [3.63, 3.8) is 0 Å². The summed E-state index contributed by atoms with van der Waals surface area (Å²) in [6.07, 6.45) is 1.73. The molecule has 0 aliphatic heterocycles. The molecule has 0 aliphatic carbocycles. The van der Waals surface area contributed by atoms with Crippen LogP contribution in [0.2, 0.25) is 0 Å². The van der Waals surface area contributed by atoms with Crippen LogP contribution in [0.5, 0.6) is 0 Å². The first-order valence-corrected chi connectivity index (χ1v) is 5.04. The third-order valence-corrected chi connectivity index (χ3v) is 1.69. The van der Waals surface area contributed by atoms with Crippen molar-refractivity contribution in [3.05, 3.63) is 12.3 Å². The lowest BCUT2D eigenvalue weighted by Crippen LogP contribution is -2.14. The summed E-state index contributed by atoms with van der Waals surface area (Å²) in [7, 11) is 1.67. The number of anilines is 2. The Hall–Kier alpha value is -1.36. The van der Waals surface area contributed by atoms with Crippen LogP contribution in [0, 0.1) is 0 Å². The average Bonchev–Trinajstić information content (AvgIpc) is 2.18. The van der Waals surface area contributed by atoms with Crippen molar-refractivity contribution in [1.29, 1.82) is 0 Å². The van der Waals surface area contributed by atoms with Crippen LogP contribution in [0.1, 0.15) is 13.8 Å². The van der Waals surface area contributed by atoms with Crippen molar-refractivity contribution in [1.82, 2.24) is 9.97 Å². The predicted molar refractivity (Wildman–Crippen MR) is 61.2 cm³/mol. The second-order valence-electron chi connectivity index (χ2n) is 3.48. The quantitative estimate of drug-likeness (QED) is 0.694. The molecule has 0 bridgehead atoms. The van der Waals surface area contributed by atoms with Crippen LogP contribution in [-0.4, -0.2) is 36.3 Å². The number of nitrogens with one attached hydrogen (secondary N) is 2. The molecule has 0 aliphatic rings. The van der Waals surface area contributed by atoms with Gasteiger partial charge in [-0.05, 0) is 19.9 Å². The molecule has 1 heterocycles. The van der Waals surface area contributed by atoms with E-state index in [-0.39, 0.29) is 0 Å². The normalized spacial score (nSPS) is 10.4. The SMILES string of the molecule is COCCNc1ccnc(NC(C)C)n1. The summed E-state index contributed by atoms with van der Waals surface area (Å²) in [5.74, 6) is 1.46.